The van der Waals surface area contributed by atoms with Crippen LogP contribution < -0.4 is 0 Å². The van der Waals surface area contributed by atoms with Gasteiger partial charge in [0.15, 0.2) is 0 Å². The largest absolute Gasteiger partial charge is 0.377 e. The van der Waals surface area contributed by atoms with Crippen LogP contribution in [-0.2, 0) is 28.7 Å². The quantitative estimate of drug-likeness (QED) is 0.552. The summed E-state index contributed by atoms with van der Waals surface area (Å²) in [4.78, 5) is 9.71. The highest BCUT2D eigenvalue weighted by Crippen LogP contribution is 1.86. The average Bonchev–Trinajstić information content (AvgIpc) is 2.29. The molecule has 1 aliphatic heterocycles. The summed E-state index contributed by atoms with van der Waals surface area (Å²) in [5.74, 6) is 0. The van der Waals surface area contributed by atoms with E-state index in [2.05, 4.69) is 0 Å². The predicted molar refractivity (Wildman–Crippen MR) is 55.2 cm³/mol. The minimum Gasteiger partial charge on any atom is -0.377 e. The van der Waals surface area contributed by atoms with Gasteiger partial charge in [0, 0.05) is 0 Å². The van der Waals surface area contributed by atoms with Crippen LogP contribution in [-0.4, -0.2) is 66.1 Å². The Kier molecular flexibility index (Phi) is 9.72. The lowest BCUT2D eigenvalue weighted by Crippen LogP contribution is -2.15. The van der Waals surface area contributed by atoms with Crippen LogP contribution in [0.3, 0.4) is 0 Å². The highest BCUT2D eigenvalue weighted by molar-refractivity contribution is 4.35. The van der Waals surface area contributed by atoms with Crippen LogP contribution >= 0.6 is 0 Å². The zero-order valence-electron chi connectivity index (χ0n) is 9.52. The van der Waals surface area contributed by atoms with Crippen LogP contribution in [0.4, 0.5) is 0 Å². The maximum absolute atomic E-state index is 5.27. The molecule has 0 atom stereocenters. The molecular weight excluding hydrogens is 216 g/mol. The molecule has 0 bridgehead atoms. The Morgan fingerprint density at radius 1 is 0.312 bits per heavy atom. The van der Waals surface area contributed by atoms with Gasteiger partial charge in [0.05, 0.1) is 52.9 Å². The van der Waals surface area contributed by atoms with Crippen molar-refractivity contribution in [3.05, 3.63) is 0 Å². The van der Waals surface area contributed by atoms with Gasteiger partial charge < -0.3 is 18.9 Å². The molecule has 1 heterocycles. The van der Waals surface area contributed by atoms with Crippen LogP contribution in [0.15, 0.2) is 0 Å². The van der Waals surface area contributed by atoms with Gasteiger partial charge in [-0.1, -0.05) is 0 Å². The summed E-state index contributed by atoms with van der Waals surface area (Å²) < 4.78 is 21.0. The highest BCUT2D eigenvalue weighted by atomic mass is 17.2. The van der Waals surface area contributed by atoms with Crippen LogP contribution in [0.25, 0.3) is 0 Å². The second kappa shape index (κ2) is 11.3. The minimum atomic E-state index is 0.420. The van der Waals surface area contributed by atoms with Gasteiger partial charge in [0.2, 0.25) is 0 Å². The molecular formula is C10H20O6. The summed E-state index contributed by atoms with van der Waals surface area (Å²) in [5, 5.41) is 0. The molecule has 16 heavy (non-hydrogen) atoms. The van der Waals surface area contributed by atoms with E-state index in [4.69, 9.17) is 28.7 Å². The van der Waals surface area contributed by atoms with Gasteiger partial charge in [0.25, 0.3) is 0 Å². The molecule has 1 rings (SSSR count). The summed E-state index contributed by atoms with van der Waals surface area (Å²) in [6, 6.07) is 0. The Bertz CT molecular complexity index is 79.3. The molecule has 0 saturated carbocycles. The average molecular weight is 236 g/mol. The zero-order chi connectivity index (χ0) is 11.3. The highest BCUT2D eigenvalue weighted by Gasteiger charge is 1.95. The van der Waals surface area contributed by atoms with Crippen molar-refractivity contribution in [2.75, 3.05) is 66.1 Å². The minimum absolute atomic E-state index is 0.420. The monoisotopic (exact) mass is 236 g/mol. The third-order valence-corrected chi connectivity index (χ3v) is 1.82. The molecule has 6 heteroatoms. The standard InChI is InChI=1S/C10H20O6/c1-2-12-4-6-14-8-10-16-15-9-7-13-5-3-11-1/h1-10H2. The maximum atomic E-state index is 5.27. The first kappa shape index (κ1) is 13.8. The second-order valence-electron chi connectivity index (χ2n) is 3.09. The van der Waals surface area contributed by atoms with Crippen molar-refractivity contribution in [2.45, 2.75) is 0 Å². The molecule has 0 aromatic rings. The third kappa shape index (κ3) is 9.02. The Morgan fingerprint density at radius 3 is 0.875 bits per heavy atom. The van der Waals surface area contributed by atoms with Crippen molar-refractivity contribution in [2.24, 2.45) is 0 Å². The van der Waals surface area contributed by atoms with Crippen molar-refractivity contribution < 1.29 is 28.7 Å². The molecule has 0 amide bonds. The first-order chi connectivity index (χ1) is 8.00. The van der Waals surface area contributed by atoms with Gasteiger partial charge in [-0.05, 0) is 0 Å². The Balaban J connectivity index is 2.00. The molecule has 0 unspecified atom stereocenters. The molecule has 0 radical (unpaired) electrons. The fourth-order valence-electron chi connectivity index (χ4n) is 1.07. The van der Waals surface area contributed by atoms with Gasteiger partial charge in [-0.2, -0.15) is 0 Å². The van der Waals surface area contributed by atoms with Crippen LogP contribution in [0.1, 0.15) is 0 Å². The first-order valence-corrected chi connectivity index (χ1v) is 5.55. The topological polar surface area (TPSA) is 55.4 Å². The fourth-order valence-corrected chi connectivity index (χ4v) is 1.07. The van der Waals surface area contributed by atoms with Gasteiger partial charge >= 0.3 is 0 Å². The summed E-state index contributed by atoms with van der Waals surface area (Å²) in [7, 11) is 0. The van der Waals surface area contributed by atoms with Crippen LogP contribution in [0.2, 0.25) is 0 Å². The van der Waals surface area contributed by atoms with E-state index in [9.17, 15) is 0 Å². The van der Waals surface area contributed by atoms with E-state index in [0.29, 0.717) is 66.1 Å². The predicted octanol–water partition coefficient (Wildman–Crippen LogP) is 0.0146. The lowest BCUT2D eigenvalue weighted by atomic mass is 10.7. The molecule has 1 aliphatic rings. The van der Waals surface area contributed by atoms with E-state index in [0.717, 1.165) is 0 Å². The van der Waals surface area contributed by atoms with Gasteiger partial charge in [0.1, 0.15) is 13.2 Å². The van der Waals surface area contributed by atoms with Gasteiger partial charge in [-0.15, -0.1) is 0 Å². The molecule has 0 N–H and O–H groups in total. The zero-order valence-corrected chi connectivity index (χ0v) is 9.52. The number of ether oxygens (including phenoxy) is 4. The van der Waals surface area contributed by atoms with Gasteiger partial charge in [-0.3, -0.25) is 0 Å². The van der Waals surface area contributed by atoms with E-state index in [1.807, 2.05) is 0 Å². The molecule has 6 nitrogen and oxygen atoms in total. The SMILES string of the molecule is C1COCCOCCOOCCOCCO1. The summed E-state index contributed by atoms with van der Waals surface area (Å²) in [6.07, 6.45) is 0. The van der Waals surface area contributed by atoms with Crippen LogP contribution in [0, 0.1) is 0 Å². The van der Waals surface area contributed by atoms with Crippen molar-refractivity contribution in [3.8, 4) is 0 Å². The second-order valence-corrected chi connectivity index (χ2v) is 3.09. The molecule has 0 aromatic carbocycles. The number of hydrogen-bond donors (Lipinski definition) is 0. The molecule has 0 aliphatic carbocycles. The molecule has 1 fully saturated rings. The summed E-state index contributed by atoms with van der Waals surface area (Å²) in [6.45, 7) is 5.28. The molecule has 0 spiro atoms. The van der Waals surface area contributed by atoms with E-state index in [1.54, 1.807) is 0 Å². The van der Waals surface area contributed by atoms with E-state index in [1.165, 1.54) is 0 Å². The normalized spacial score (nSPS) is 24.0. The Labute approximate surface area is 95.6 Å². The van der Waals surface area contributed by atoms with E-state index >= 15 is 0 Å². The number of rotatable bonds is 0. The first-order valence-electron chi connectivity index (χ1n) is 5.55. The van der Waals surface area contributed by atoms with Crippen LogP contribution in [0.5, 0.6) is 0 Å². The fraction of sp³-hybridized carbons (Fsp3) is 1.00. The maximum Gasteiger partial charge on any atom is 0.106 e. The van der Waals surface area contributed by atoms with Crippen molar-refractivity contribution in [1.82, 2.24) is 0 Å². The van der Waals surface area contributed by atoms with E-state index in [-0.39, 0.29) is 0 Å². The lowest BCUT2D eigenvalue weighted by molar-refractivity contribution is -0.303. The van der Waals surface area contributed by atoms with Crippen molar-refractivity contribution in [3.63, 3.8) is 0 Å². The summed E-state index contributed by atoms with van der Waals surface area (Å²) >= 11 is 0. The van der Waals surface area contributed by atoms with Gasteiger partial charge in [-0.25, -0.2) is 9.78 Å². The van der Waals surface area contributed by atoms with Crippen molar-refractivity contribution >= 4 is 0 Å². The van der Waals surface area contributed by atoms with Crippen molar-refractivity contribution in [1.29, 1.82) is 0 Å². The third-order valence-electron chi connectivity index (χ3n) is 1.82. The summed E-state index contributed by atoms with van der Waals surface area (Å²) in [5.41, 5.74) is 0. The lowest BCUT2D eigenvalue weighted by Gasteiger charge is -2.09. The Hall–Kier alpha value is -0.240. The molecule has 1 saturated heterocycles. The number of hydrogen-bond acceptors (Lipinski definition) is 6. The Morgan fingerprint density at radius 2 is 0.562 bits per heavy atom. The smallest absolute Gasteiger partial charge is 0.106 e. The molecule has 0 aromatic heterocycles. The molecule has 96 valence electrons. The van der Waals surface area contributed by atoms with E-state index < -0.39 is 0 Å².